The summed E-state index contributed by atoms with van der Waals surface area (Å²) in [5.41, 5.74) is 0.389. The van der Waals surface area contributed by atoms with Crippen LogP contribution in [-0.4, -0.2) is 53.9 Å². The van der Waals surface area contributed by atoms with Gasteiger partial charge in [0.2, 0.25) is 5.91 Å². The Labute approximate surface area is 113 Å². The molecule has 5 heteroatoms. The van der Waals surface area contributed by atoms with Crippen molar-refractivity contribution in [3.8, 4) is 5.75 Å². The Bertz CT molecular complexity index is 458. The number of amides is 2. The highest BCUT2D eigenvalue weighted by Crippen LogP contribution is 2.13. The molecule has 0 unspecified atom stereocenters. The maximum absolute atomic E-state index is 12.3. The average Bonchev–Trinajstić information content (AvgIpc) is 2.37. The van der Waals surface area contributed by atoms with E-state index >= 15 is 0 Å². The number of carbonyl (C=O) groups is 2. The number of nitrogens with zero attached hydrogens (tertiary/aromatic N) is 2. The molecule has 0 aromatic heterocycles. The van der Waals surface area contributed by atoms with Crippen LogP contribution >= 0.6 is 0 Å². The summed E-state index contributed by atoms with van der Waals surface area (Å²) in [5.74, 6) is -0.323. The molecule has 0 bridgehead atoms. The van der Waals surface area contributed by atoms with Gasteiger partial charge in [-0.25, -0.2) is 0 Å². The highest BCUT2D eigenvalue weighted by Gasteiger charge is 2.19. The molecule has 0 fully saturated rings. The fourth-order valence-electron chi connectivity index (χ4n) is 1.65. The standard InChI is InChI=1S/C14H20N2O3/c1-4-8-16(10-13(18)15(2)3)14(19)11-6-5-7-12(17)9-11/h5-7,9,17H,4,8,10H2,1-3H3. The smallest absolute Gasteiger partial charge is 0.254 e. The molecule has 19 heavy (non-hydrogen) atoms. The zero-order chi connectivity index (χ0) is 14.4. The fourth-order valence-corrected chi connectivity index (χ4v) is 1.65. The summed E-state index contributed by atoms with van der Waals surface area (Å²) in [5, 5.41) is 9.40. The first kappa shape index (κ1) is 15.0. The molecule has 0 atom stereocenters. The first-order valence-corrected chi connectivity index (χ1v) is 6.24. The van der Waals surface area contributed by atoms with E-state index in [0.717, 1.165) is 6.42 Å². The van der Waals surface area contributed by atoms with E-state index < -0.39 is 0 Å². The van der Waals surface area contributed by atoms with Gasteiger partial charge in [-0.15, -0.1) is 0 Å². The second kappa shape index (κ2) is 6.78. The minimum absolute atomic E-state index is 0.0428. The Morgan fingerprint density at radius 3 is 2.47 bits per heavy atom. The number of likely N-dealkylation sites (N-methyl/N-ethyl adjacent to an activating group) is 1. The zero-order valence-electron chi connectivity index (χ0n) is 11.6. The van der Waals surface area contributed by atoms with E-state index in [2.05, 4.69) is 0 Å². The number of carbonyl (C=O) groups excluding carboxylic acids is 2. The molecule has 2 amide bonds. The molecule has 0 heterocycles. The number of hydrogen-bond acceptors (Lipinski definition) is 3. The summed E-state index contributed by atoms with van der Waals surface area (Å²) in [6, 6.07) is 6.16. The van der Waals surface area contributed by atoms with Crippen LogP contribution in [0.1, 0.15) is 23.7 Å². The molecular weight excluding hydrogens is 244 g/mol. The van der Waals surface area contributed by atoms with Gasteiger partial charge in [-0.05, 0) is 24.6 Å². The SMILES string of the molecule is CCCN(CC(=O)N(C)C)C(=O)c1cccc(O)c1. The predicted octanol–water partition coefficient (Wildman–Crippen LogP) is 1.33. The summed E-state index contributed by atoms with van der Waals surface area (Å²) in [7, 11) is 3.32. The van der Waals surface area contributed by atoms with Crippen LogP contribution in [0.25, 0.3) is 0 Å². The Morgan fingerprint density at radius 1 is 1.26 bits per heavy atom. The molecular formula is C14H20N2O3. The summed E-state index contributed by atoms with van der Waals surface area (Å²) in [4.78, 5) is 27.0. The van der Waals surface area contributed by atoms with Crippen LogP contribution in [-0.2, 0) is 4.79 Å². The largest absolute Gasteiger partial charge is 0.508 e. The van der Waals surface area contributed by atoms with Gasteiger partial charge >= 0.3 is 0 Å². The van der Waals surface area contributed by atoms with Gasteiger partial charge in [-0.1, -0.05) is 13.0 Å². The van der Waals surface area contributed by atoms with Crippen LogP contribution in [0.3, 0.4) is 0 Å². The average molecular weight is 264 g/mol. The molecule has 0 aliphatic heterocycles. The van der Waals surface area contributed by atoms with Gasteiger partial charge in [0.25, 0.3) is 5.91 Å². The fraction of sp³-hybridized carbons (Fsp3) is 0.429. The number of phenols is 1. The molecule has 0 aliphatic carbocycles. The Morgan fingerprint density at radius 2 is 1.95 bits per heavy atom. The van der Waals surface area contributed by atoms with E-state index in [4.69, 9.17) is 0 Å². The number of benzene rings is 1. The van der Waals surface area contributed by atoms with Gasteiger partial charge in [-0.3, -0.25) is 9.59 Å². The maximum Gasteiger partial charge on any atom is 0.254 e. The maximum atomic E-state index is 12.3. The topological polar surface area (TPSA) is 60.9 Å². The van der Waals surface area contributed by atoms with E-state index in [1.54, 1.807) is 26.2 Å². The lowest BCUT2D eigenvalue weighted by Crippen LogP contribution is -2.40. The molecule has 0 aliphatic rings. The molecule has 1 rings (SSSR count). The van der Waals surface area contributed by atoms with Gasteiger partial charge in [0.1, 0.15) is 12.3 Å². The molecule has 0 radical (unpaired) electrons. The Hall–Kier alpha value is -2.04. The van der Waals surface area contributed by atoms with E-state index in [0.29, 0.717) is 12.1 Å². The zero-order valence-corrected chi connectivity index (χ0v) is 11.6. The van der Waals surface area contributed by atoms with Crippen LogP contribution in [0.15, 0.2) is 24.3 Å². The van der Waals surface area contributed by atoms with Crippen molar-refractivity contribution in [1.29, 1.82) is 0 Å². The summed E-state index contributed by atoms with van der Waals surface area (Å²) in [6.45, 7) is 2.51. The second-order valence-electron chi connectivity index (χ2n) is 4.57. The Balaban J connectivity index is 2.86. The third kappa shape index (κ3) is 4.28. The molecule has 104 valence electrons. The first-order valence-electron chi connectivity index (χ1n) is 6.24. The third-order valence-electron chi connectivity index (χ3n) is 2.70. The van der Waals surface area contributed by atoms with Crippen molar-refractivity contribution < 1.29 is 14.7 Å². The lowest BCUT2D eigenvalue weighted by atomic mass is 10.2. The number of rotatable bonds is 5. The summed E-state index contributed by atoms with van der Waals surface area (Å²) < 4.78 is 0. The van der Waals surface area contributed by atoms with Crippen molar-refractivity contribution in [3.63, 3.8) is 0 Å². The van der Waals surface area contributed by atoms with Crippen LogP contribution in [0, 0.1) is 0 Å². The van der Waals surface area contributed by atoms with Crippen molar-refractivity contribution in [3.05, 3.63) is 29.8 Å². The molecule has 0 saturated heterocycles. The summed E-state index contributed by atoms with van der Waals surface area (Å²) in [6.07, 6.45) is 0.769. The van der Waals surface area contributed by atoms with Gasteiger partial charge in [-0.2, -0.15) is 0 Å². The van der Waals surface area contributed by atoms with Gasteiger partial charge < -0.3 is 14.9 Å². The van der Waals surface area contributed by atoms with Gasteiger partial charge in [0, 0.05) is 26.2 Å². The van der Waals surface area contributed by atoms with Gasteiger partial charge in [0.15, 0.2) is 0 Å². The lowest BCUT2D eigenvalue weighted by Gasteiger charge is -2.23. The molecule has 0 saturated carbocycles. The van der Waals surface area contributed by atoms with Crippen molar-refractivity contribution in [2.45, 2.75) is 13.3 Å². The molecule has 5 nitrogen and oxygen atoms in total. The number of aromatic hydroxyl groups is 1. The van der Waals surface area contributed by atoms with E-state index in [1.165, 1.54) is 21.9 Å². The van der Waals surface area contributed by atoms with E-state index in [-0.39, 0.29) is 24.1 Å². The minimum atomic E-state index is -0.243. The molecule has 1 aromatic carbocycles. The van der Waals surface area contributed by atoms with Crippen LogP contribution in [0.4, 0.5) is 0 Å². The monoisotopic (exact) mass is 264 g/mol. The Kier molecular flexibility index (Phi) is 5.36. The normalized spacial score (nSPS) is 10.1. The third-order valence-corrected chi connectivity index (χ3v) is 2.70. The van der Waals surface area contributed by atoms with Crippen LogP contribution in [0.5, 0.6) is 5.75 Å². The predicted molar refractivity (Wildman–Crippen MR) is 73.0 cm³/mol. The van der Waals surface area contributed by atoms with Crippen molar-refractivity contribution in [2.24, 2.45) is 0 Å². The van der Waals surface area contributed by atoms with Crippen molar-refractivity contribution >= 4 is 11.8 Å². The van der Waals surface area contributed by atoms with E-state index in [1.807, 2.05) is 6.92 Å². The molecule has 0 spiro atoms. The van der Waals surface area contributed by atoms with Crippen LogP contribution in [0.2, 0.25) is 0 Å². The lowest BCUT2D eigenvalue weighted by molar-refractivity contribution is -0.129. The highest BCUT2D eigenvalue weighted by molar-refractivity contribution is 5.96. The molecule has 1 aromatic rings. The highest BCUT2D eigenvalue weighted by atomic mass is 16.3. The molecule has 1 N–H and O–H groups in total. The van der Waals surface area contributed by atoms with Crippen molar-refractivity contribution in [1.82, 2.24) is 9.80 Å². The van der Waals surface area contributed by atoms with Crippen molar-refractivity contribution in [2.75, 3.05) is 27.2 Å². The summed E-state index contributed by atoms with van der Waals surface area (Å²) >= 11 is 0. The quantitative estimate of drug-likeness (QED) is 0.873. The van der Waals surface area contributed by atoms with E-state index in [9.17, 15) is 14.7 Å². The first-order chi connectivity index (χ1) is 8.95. The number of hydrogen-bond donors (Lipinski definition) is 1. The van der Waals surface area contributed by atoms with Crippen LogP contribution < -0.4 is 0 Å². The minimum Gasteiger partial charge on any atom is -0.508 e. The van der Waals surface area contributed by atoms with Gasteiger partial charge in [0.05, 0.1) is 0 Å². The number of phenolic OH excluding ortho intramolecular Hbond substituents is 1. The second-order valence-corrected chi connectivity index (χ2v) is 4.57.